The van der Waals surface area contributed by atoms with Gasteiger partial charge in [-0.1, -0.05) is 13.5 Å². The zero-order chi connectivity index (χ0) is 31.6. The second kappa shape index (κ2) is 11.2. The van der Waals surface area contributed by atoms with Crippen molar-refractivity contribution in [1.29, 1.82) is 0 Å². The van der Waals surface area contributed by atoms with Gasteiger partial charge in [0.25, 0.3) is 10.0 Å². The molecule has 0 aliphatic rings. The zero-order valence-electron chi connectivity index (χ0n) is 18.2. The van der Waals surface area contributed by atoms with Crippen LogP contribution in [-0.2, 0) is 19.6 Å². The molecule has 0 heterocycles. The van der Waals surface area contributed by atoms with Crippen molar-refractivity contribution in [3.63, 3.8) is 0 Å². The number of hydrogen-bond acceptors (Lipinski definition) is 4. The minimum Gasteiger partial charge on any atom is -0.463 e. The first-order valence-corrected chi connectivity index (χ1v) is 10.3. The fraction of sp³-hybridized carbons (Fsp3) is 0.800. The minimum absolute atomic E-state index is 0.359. The van der Waals surface area contributed by atoms with Gasteiger partial charge < -0.3 is 4.74 Å². The second-order valence-corrected chi connectivity index (χ2v) is 8.23. The van der Waals surface area contributed by atoms with Crippen molar-refractivity contribution in [3.8, 4) is 0 Å². The molecule has 0 radical (unpaired) electrons. The molecule has 1 N–H and O–H groups in total. The maximum absolute atomic E-state index is 13.4. The zero-order valence-corrected chi connectivity index (χ0v) is 19.0. The first-order chi connectivity index (χ1) is 16.4. The van der Waals surface area contributed by atoms with Crippen LogP contribution in [0.5, 0.6) is 0 Å². The van der Waals surface area contributed by atoms with Crippen molar-refractivity contribution in [2.75, 3.05) is 13.2 Å². The van der Waals surface area contributed by atoms with Gasteiger partial charge in [-0.2, -0.15) is 74.6 Å². The van der Waals surface area contributed by atoms with Crippen LogP contribution in [0.3, 0.4) is 0 Å². The highest BCUT2D eigenvalue weighted by molar-refractivity contribution is 7.90. The number of hydrogen-bond donors (Lipinski definition) is 1. The summed E-state index contributed by atoms with van der Waals surface area (Å²) in [5.74, 6) is -51.8. The van der Waals surface area contributed by atoms with Crippen molar-refractivity contribution in [2.24, 2.45) is 0 Å². The summed E-state index contributed by atoms with van der Waals surface area (Å²) < 4.78 is 246. The summed E-state index contributed by atoms with van der Waals surface area (Å²) in [6, 6.07) is 0. The molecule has 5 nitrogen and oxygen atoms in total. The van der Waals surface area contributed by atoms with Gasteiger partial charge in [-0.25, -0.2) is 17.9 Å². The Labute approximate surface area is 201 Å². The average molecular weight is 627 g/mol. The van der Waals surface area contributed by atoms with Crippen molar-refractivity contribution < 1.29 is 92.6 Å². The molecule has 0 rings (SSSR count). The molecule has 0 saturated carbocycles. The molecule has 0 saturated heterocycles. The van der Waals surface area contributed by atoms with Crippen molar-refractivity contribution in [3.05, 3.63) is 12.7 Å². The fourth-order valence-corrected chi connectivity index (χ4v) is 2.83. The minimum atomic E-state index is -8.81. The first kappa shape index (κ1) is 38.1. The number of esters is 1. The highest BCUT2D eigenvalue weighted by Crippen LogP contribution is 2.64. The summed E-state index contributed by atoms with van der Waals surface area (Å²) >= 11 is 0. The van der Waals surface area contributed by atoms with Crippen LogP contribution < -0.4 is 4.72 Å². The molecule has 0 atom stereocenters. The molecule has 0 bridgehead atoms. The standard InChI is InChI=1S/C10H6F17NO2S.C5H8O2/c1-2-28-31(29,30)10(26,27)8(21,22)6(17,18)4(13,14)3(11,12)5(15,16)7(19,20)9(23,24)25;1-3-5(6)7-4-2/h28H,2H2,1H3;3H,1,4H2,2H3. The Kier molecular flexibility index (Phi) is 11.2. The summed E-state index contributed by atoms with van der Waals surface area (Å²) in [6.07, 6.45) is -6.71. The summed E-state index contributed by atoms with van der Waals surface area (Å²) in [5, 5.41) is -7.50. The van der Waals surface area contributed by atoms with Gasteiger partial charge in [0, 0.05) is 12.6 Å². The second-order valence-electron chi connectivity index (χ2n) is 6.42. The number of rotatable bonds is 11. The van der Waals surface area contributed by atoms with Crippen molar-refractivity contribution in [1.82, 2.24) is 4.72 Å². The Hall–Kier alpha value is -2.07. The Morgan fingerprint density at radius 3 is 1.24 bits per heavy atom. The number of alkyl halides is 17. The molecule has 0 fully saturated rings. The molecular weight excluding hydrogens is 613 g/mol. The number of nitrogens with one attached hydrogen (secondary N) is 1. The number of sulfonamides is 1. The molecule has 0 aromatic heterocycles. The Bertz CT molecular complexity index is 944. The number of ether oxygens (including phenoxy) is 1. The fourth-order valence-electron chi connectivity index (χ4n) is 1.80. The summed E-state index contributed by atoms with van der Waals surface area (Å²) in [5.41, 5.74) is 0. The van der Waals surface area contributed by atoms with Crippen LogP contribution in [0.25, 0.3) is 0 Å². The SMILES string of the molecule is C=CC(=O)OCC.CCNS(=O)(=O)C(F)(F)C(F)(F)C(F)(F)C(F)(F)C(F)(F)C(F)(F)C(F)(F)C(F)(F)F. The third-order valence-corrected chi connectivity index (χ3v) is 5.42. The molecule has 0 aromatic rings. The van der Waals surface area contributed by atoms with E-state index in [-0.39, 0.29) is 5.97 Å². The molecule has 23 heteroatoms. The molecule has 0 aliphatic heterocycles. The normalized spacial score (nSPS) is 14.9. The summed E-state index contributed by atoms with van der Waals surface area (Å²) in [7, 11) is -7.15. The van der Waals surface area contributed by atoms with Crippen molar-refractivity contribution in [2.45, 2.75) is 60.8 Å². The predicted octanol–water partition coefficient (Wildman–Crippen LogP) is 5.63. The Morgan fingerprint density at radius 2 is 1.00 bits per heavy atom. The van der Waals surface area contributed by atoms with Crippen LogP contribution in [0.1, 0.15) is 13.8 Å². The third kappa shape index (κ3) is 5.91. The monoisotopic (exact) mass is 627 g/mol. The Morgan fingerprint density at radius 1 is 0.684 bits per heavy atom. The molecule has 228 valence electrons. The maximum atomic E-state index is 13.4. The lowest BCUT2D eigenvalue weighted by atomic mass is 9.91. The van der Waals surface area contributed by atoms with E-state index in [0.29, 0.717) is 18.3 Å². The van der Waals surface area contributed by atoms with E-state index in [1.165, 1.54) is 0 Å². The van der Waals surface area contributed by atoms with Crippen LogP contribution >= 0.6 is 0 Å². The van der Waals surface area contributed by atoms with Crippen LogP contribution in [0, 0.1) is 0 Å². The number of carbonyl (C=O) groups is 1. The molecule has 0 spiro atoms. The Balaban J connectivity index is 0. The van der Waals surface area contributed by atoms with E-state index >= 15 is 0 Å². The van der Waals surface area contributed by atoms with Crippen LogP contribution in [0.15, 0.2) is 12.7 Å². The van der Waals surface area contributed by atoms with E-state index in [4.69, 9.17) is 0 Å². The number of carbonyl (C=O) groups excluding carboxylic acids is 1. The molecule has 0 amide bonds. The summed E-state index contributed by atoms with van der Waals surface area (Å²) in [4.78, 5) is 10.1. The van der Waals surface area contributed by atoms with Crippen molar-refractivity contribution >= 4 is 16.0 Å². The van der Waals surface area contributed by atoms with E-state index in [1.54, 1.807) is 6.92 Å². The van der Waals surface area contributed by atoms with Crippen LogP contribution in [0.2, 0.25) is 0 Å². The smallest absolute Gasteiger partial charge is 0.460 e. The van der Waals surface area contributed by atoms with E-state index < -0.39 is 63.5 Å². The van der Waals surface area contributed by atoms with E-state index in [2.05, 4.69) is 11.3 Å². The van der Waals surface area contributed by atoms with Crippen LogP contribution in [0.4, 0.5) is 74.6 Å². The first-order valence-electron chi connectivity index (χ1n) is 8.87. The average Bonchev–Trinajstić information content (AvgIpc) is 2.72. The van der Waals surface area contributed by atoms with Gasteiger partial charge in [-0.05, 0) is 6.92 Å². The van der Waals surface area contributed by atoms with Gasteiger partial charge in [0.2, 0.25) is 0 Å². The largest absolute Gasteiger partial charge is 0.463 e. The highest BCUT2D eigenvalue weighted by Gasteiger charge is 2.96. The maximum Gasteiger partial charge on any atom is 0.460 e. The molecule has 0 unspecified atom stereocenters. The quantitative estimate of drug-likeness (QED) is 0.183. The molecule has 0 aromatic carbocycles. The third-order valence-electron chi connectivity index (χ3n) is 3.82. The van der Waals surface area contributed by atoms with Gasteiger partial charge in [0.1, 0.15) is 0 Å². The number of halogens is 17. The van der Waals surface area contributed by atoms with Gasteiger partial charge in [0.15, 0.2) is 0 Å². The lowest BCUT2D eigenvalue weighted by Gasteiger charge is -2.42. The highest BCUT2D eigenvalue weighted by atomic mass is 32.2. The summed E-state index contributed by atoms with van der Waals surface area (Å²) in [6.45, 7) is 4.57. The lowest BCUT2D eigenvalue weighted by molar-refractivity contribution is -0.458. The molecule has 38 heavy (non-hydrogen) atoms. The molecular formula is C15H14F17NO4S. The topological polar surface area (TPSA) is 72.5 Å². The van der Waals surface area contributed by atoms with E-state index in [0.717, 1.165) is 6.08 Å². The lowest BCUT2D eigenvalue weighted by Crippen LogP contribution is -2.75. The van der Waals surface area contributed by atoms with Gasteiger partial charge >= 0.3 is 52.9 Å². The van der Waals surface area contributed by atoms with Gasteiger partial charge in [0.05, 0.1) is 6.61 Å². The van der Waals surface area contributed by atoms with E-state index in [1.807, 2.05) is 0 Å². The van der Waals surface area contributed by atoms with E-state index in [9.17, 15) is 87.8 Å². The van der Waals surface area contributed by atoms with Gasteiger partial charge in [-0.15, -0.1) is 0 Å². The predicted molar refractivity (Wildman–Crippen MR) is 90.1 cm³/mol. The molecule has 0 aliphatic carbocycles. The van der Waals surface area contributed by atoms with Gasteiger partial charge in [-0.3, -0.25) is 0 Å². The van der Waals surface area contributed by atoms with Crippen LogP contribution in [-0.4, -0.2) is 74.5 Å².